The molecular formula is C15H23N3O2. The van der Waals surface area contributed by atoms with Crippen molar-refractivity contribution in [2.45, 2.75) is 45.1 Å². The number of nitrogen functional groups attached to an aromatic ring is 1. The minimum atomic E-state index is -0.0792. The van der Waals surface area contributed by atoms with E-state index in [-0.39, 0.29) is 18.6 Å². The molecule has 5 nitrogen and oxygen atoms in total. The van der Waals surface area contributed by atoms with Gasteiger partial charge < -0.3 is 15.7 Å². The van der Waals surface area contributed by atoms with E-state index < -0.39 is 0 Å². The van der Waals surface area contributed by atoms with Crippen molar-refractivity contribution in [3.05, 3.63) is 23.4 Å². The maximum Gasteiger partial charge on any atom is 0.254 e. The number of hydrogen-bond donors (Lipinski definition) is 2. The lowest BCUT2D eigenvalue weighted by Crippen LogP contribution is -2.42. The first-order valence-electron chi connectivity index (χ1n) is 7.34. The van der Waals surface area contributed by atoms with Gasteiger partial charge in [0, 0.05) is 17.8 Å². The summed E-state index contributed by atoms with van der Waals surface area (Å²) >= 11 is 0. The van der Waals surface area contributed by atoms with Crippen LogP contribution in [0.2, 0.25) is 0 Å². The Bertz CT molecular complexity index is 476. The fourth-order valence-corrected chi connectivity index (χ4v) is 2.72. The van der Waals surface area contributed by atoms with Gasteiger partial charge in [0.1, 0.15) is 5.82 Å². The fourth-order valence-electron chi connectivity index (χ4n) is 2.72. The normalized spacial score (nSPS) is 19.7. The average Bonchev–Trinajstić information content (AvgIpc) is 2.70. The van der Waals surface area contributed by atoms with Crippen LogP contribution in [0.3, 0.4) is 0 Å². The van der Waals surface area contributed by atoms with Crippen LogP contribution in [0, 0.1) is 0 Å². The molecule has 1 aromatic rings. The van der Waals surface area contributed by atoms with Gasteiger partial charge in [-0.1, -0.05) is 19.8 Å². The van der Waals surface area contributed by atoms with E-state index in [1.54, 1.807) is 17.0 Å². The Morgan fingerprint density at radius 1 is 1.45 bits per heavy atom. The molecule has 5 heteroatoms. The maximum absolute atomic E-state index is 12.7. The molecular weight excluding hydrogens is 254 g/mol. The summed E-state index contributed by atoms with van der Waals surface area (Å²) in [6, 6.07) is 3.35. The van der Waals surface area contributed by atoms with E-state index in [0.29, 0.717) is 17.9 Å². The summed E-state index contributed by atoms with van der Waals surface area (Å²) in [6.07, 6.45) is 4.77. The SMILES string of the molecule is CCc1cc(C(=O)N2CCCCCC2CO)cc(N)n1. The highest BCUT2D eigenvalue weighted by Gasteiger charge is 2.26. The smallest absolute Gasteiger partial charge is 0.254 e. The molecule has 2 heterocycles. The van der Waals surface area contributed by atoms with Gasteiger partial charge in [0.15, 0.2) is 0 Å². The lowest BCUT2D eigenvalue weighted by Gasteiger charge is -2.28. The lowest BCUT2D eigenvalue weighted by molar-refractivity contribution is 0.0599. The number of likely N-dealkylation sites (tertiary alicyclic amines) is 1. The zero-order chi connectivity index (χ0) is 14.5. The number of pyridine rings is 1. The number of aromatic nitrogens is 1. The van der Waals surface area contributed by atoms with E-state index in [4.69, 9.17) is 5.73 Å². The second kappa shape index (κ2) is 6.70. The summed E-state index contributed by atoms with van der Waals surface area (Å²) in [5, 5.41) is 9.51. The van der Waals surface area contributed by atoms with Gasteiger partial charge in [0.05, 0.1) is 12.6 Å². The van der Waals surface area contributed by atoms with E-state index in [2.05, 4.69) is 4.98 Å². The van der Waals surface area contributed by atoms with E-state index >= 15 is 0 Å². The summed E-state index contributed by atoms with van der Waals surface area (Å²) in [7, 11) is 0. The van der Waals surface area contributed by atoms with Crippen molar-refractivity contribution in [3.63, 3.8) is 0 Å². The fraction of sp³-hybridized carbons (Fsp3) is 0.600. The van der Waals surface area contributed by atoms with Crippen LogP contribution in [0.1, 0.15) is 48.7 Å². The average molecular weight is 277 g/mol. The number of anilines is 1. The lowest BCUT2D eigenvalue weighted by atomic mass is 10.1. The summed E-state index contributed by atoms with van der Waals surface area (Å²) < 4.78 is 0. The molecule has 1 unspecified atom stereocenters. The molecule has 1 atom stereocenters. The third-order valence-electron chi connectivity index (χ3n) is 3.86. The predicted octanol–water partition coefficient (Wildman–Crippen LogP) is 1.60. The summed E-state index contributed by atoms with van der Waals surface area (Å²) in [4.78, 5) is 18.7. The highest BCUT2D eigenvalue weighted by molar-refractivity contribution is 5.95. The Kier molecular flexibility index (Phi) is 4.95. The minimum absolute atomic E-state index is 0.0208. The molecule has 0 aliphatic carbocycles. The van der Waals surface area contributed by atoms with Crippen LogP contribution >= 0.6 is 0 Å². The molecule has 20 heavy (non-hydrogen) atoms. The third-order valence-corrected chi connectivity index (χ3v) is 3.86. The Hall–Kier alpha value is -1.62. The molecule has 0 radical (unpaired) electrons. The molecule has 1 saturated heterocycles. The number of aliphatic hydroxyl groups is 1. The van der Waals surface area contributed by atoms with Crippen molar-refractivity contribution >= 4 is 11.7 Å². The van der Waals surface area contributed by atoms with Crippen LogP contribution < -0.4 is 5.73 Å². The van der Waals surface area contributed by atoms with Crippen LogP contribution in [0.4, 0.5) is 5.82 Å². The molecule has 1 amide bonds. The van der Waals surface area contributed by atoms with E-state index in [1.165, 1.54) is 0 Å². The van der Waals surface area contributed by atoms with Crippen molar-refractivity contribution in [2.75, 3.05) is 18.9 Å². The molecule has 3 N–H and O–H groups in total. The number of nitrogens with zero attached hydrogens (tertiary/aromatic N) is 2. The number of nitrogens with two attached hydrogens (primary N) is 1. The van der Waals surface area contributed by atoms with Gasteiger partial charge in [0.25, 0.3) is 5.91 Å². The van der Waals surface area contributed by atoms with Crippen molar-refractivity contribution in [2.24, 2.45) is 0 Å². The predicted molar refractivity (Wildman–Crippen MR) is 78.4 cm³/mol. The molecule has 1 aliphatic rings. The Labute approximate surface area is 119 Å². The number of amides is 1. The molecule has 1 aromatic heterocycles. The highest BCUT2D eigenvalue weighted by atomic mass is 16.3. The highest BCUT2D eigenvalue weighted by Crippen LogP contribution is 2.20. The number of carbonyl (C=O) groups excluding carboxylic acids is 1. The molecule has 0 aromatic carbocycles. The molecule has 2 rings (SSSR count). The standard InChI is InChI=1S/C15H23N3O2/c1-2-12-8-11(9-14(16)17-12)15(20)18-7-5-3-4-6-13(18)10-19/h8-9,13,19H,2-7,10H2,1H3,(H2,16,17). The summed E-state index contributed by atoms with van der Waals surface area (Å²) in [6.45, 7) is 2.71. The van der Waals surface area contributed by atoms with Crippen molar-refractivity contribution in [1.82, 2.24) is 9.88 Å². The van der Waals surface area contributed by atoms with Crippen molar-refractivity contribution in [3.8, 4) is 0 Å². The molecule has 1 fully saturated rings. The van der Waals surface area contributed by atoms with Crippen LogP contribution in [-0.4, -0.2) is 40.1 Å². The Balaban J connectivity index is 2.26. The van der Waals surface area contributed by atoms with E-state index in [1.807, 2.05) is 6.92 Å². The van der Waals surface area contributed by atoms with Crippen LogP contribution in [0.15, 0.2) is 12.1 Å². The molecule has 0 bridgehead atoms. The van der Waals surface area contributed by atoms with Crippen LogP contribution in [0.5, 0.6) is 0 Å². The summed E-state index contributed by atoms with van der Waals surface area (Å²) in [5.41, 5.74) is 7.17. The first kappa shape index (κ1) is 14.8. The van der Waals surface area contributed by atoms with Gasteiger partial charge in [0.2, 0.25) is 0 Å². The zero-order valence-electron chi connectivity index (χ0n) is 12.0. The summed E-state index contributed by atoms with van der Waals surface area (Å²) in [5.74, 6) is 0.331. The van der Waals surface area contributed by atoms with Crippen LogP contribution in [-0.2, 0) is 6.42 Å². The molecule has 0 spiro atoms. The van der Waals surface area contributed by atoms with Crippen LogP contribution in [0.25, 0.3) is 0 Å². The monoisotopic (exact) mass is 277 g/mol. The Morgan fingerprint density at radius 3 is 2.95 bits per heavy atom. The molecule has 1 aliphatic heterocycles. The topological polar surface area (TPSA) is 79.5 Å². The third kappa shape index (κ3) is 3.28. The van der Waals surface area contributed by atoms with Gasteiger partial charge >= 0.3 is 0 Å². The van der Waals surface area contributed by atoms with Gasteiger partial charge in [-0.05, 0) is 31.4 Å². The Morgan fingerprint density at radius 2 is 2.25 bits per heavy atom. The quantitative estimate of drug-likeness (QED) is 0.879. The number of aliphatic hydroxyl groups excluding tert-OH is 1. The molecule has 0 saturated carbocycles. The first-order chi connectivity index (χ1) is 9.65. The van der Waals surface area contributed by atoms with Gasteiger partial charge in [-0.15, -0.1) is 0 Å². The maximum atomic E-state index is 12.7. The number of carbonyl (C=O) groups is 1. The second-order valence-electron chi connectivity index (χ2n) is 5.31. The van der Waals surface area contributed by atoms with Crippen molar-refractivity contribution in [1.29, 1.82) is 0 Å². The van der Waals surface area contributed by atoms with Gasteiger partial charge in [-0.25, -0.2) is 4.98 Å². The van der Waals surface area contributed by atoms with E-state index in [0.717, 1.165) is 37.8 Å². The van der Waals surface area contributed by atoms with Crippen molar-refractivity contribution < 1.29 is 9.90 Å². The zero-order valence-corrected chi connectivity index (χ0v) is 12.0. The second-order valence-corrected chi connectivity index (χ2v) is 5.31. The van der Waals surface area contributed by atoms with E-state index in [9.17, 15) is 9.90 Å². The van der Waals surface area contributed by atoms with Gasteiger partial charge in [-0.2, -0.15) is 0 Å². The van der Waals surface area contributed by atoms with Gasteiger partial charge in [-0.3, -0.25) is 4.79 Å². The largest absolute Gasteiger partial charge is 0.394 e. The number of aryl methyl sites for hydroxylation is 1. The first-order valence-corrected chi connectivity index (χ1v) is 7.34. The number of rotatable bonds is 3. The number of hydrogen-bond acceptors (Lipinski definition) is 4. The molecule has 110 valence electrons. The minimum Gasteiger partial charge on any atom is -0.394 e.